The molecule has 0 saturated carbocycles. The van der Waals surface area contributed by atoms with Crippen LogP contribution < -0.4 is 0 Å². The Labute approximate surface area is 110 Å². The van der Waals surface area contributed by atoms with Crippen molar-refractivity contribution in [2.45, 2.75) is 39.3 Å². The van der Waals surface area contributed by atoms with Gasteiger partial charge in [-0.15, -0.1) is 0 Å². The van der Waals surface area contributed by atoms with Crippen molar-refractivity contribution in [3.8, 4) is 0 Å². The Hall–Kier alpha value is -0.650. The molecule has 5 heteroatoms. The lowest BCUT2D eigenvalue weighted by Gasteiger charge is -2.36. The van der Waals surface area contributed by atoms with Gasteiger partial charge in [0.1, 0.15) is 0 Å². The number of rotatable bonds is 7. The van der Waals surface area contributed by atoms with E-state index in [9.17, 15) is 4.79 Å². The number of likely N-dealkylation sites (N-methyl/N-ethyl adjacent to an activating group) is 1. The summed E-state index contributed by atoms with van der Waals surface area (Å²) in [6.45, 7) is 11.6. The normalized spacial score (nSPS) is 21.7. The van der Waals surface area contributed by atoms with E-state index in [0.717, 1.165) is 32.8 Å². The van der Waals surface area contributed by atoms with Gasteiger partial charge in [-0.05, 0) is 20.4 Å². The highest BCUT2D eigenvalue weighted by atomic mass is 16.5. The van der Waals surface area contributed by atoms with Gasteiger partial charge < -0.3 is 9.84 Å². The van der Waals surface area contributed by atoms with Crippen LogP contribution in [-0.2, 0) is 9.53 Å². The molecule has 1 atom stereocenters. The fourth-order valence-electron chi connectivity index (χ4n) is 2.24. The second-order valence-electron chi connectivity index (χ2n) is 5.12. The molecule has 1 heterocycles. The molecule has 1 aliphatic rings. The fourth-order valence-corrected chi connectivity index (χ4v) is 2.24. The maximum absolute atomic E-state index is 10.7. The summed E-state index contributed by atoms with van der Waals surface area (Å²) < 4.78 is 5.77. The number of nitrogens with zero attached hydrogens (tertiary/aromatic N) is 2. The fraction of sp³-hybridized carbons (Fsp3) is 0.923. The summed E-state index contributed by atoms with van der Waals surface area (Å²) in [4.78, 5) is 15.2. The second kappa shape index (κ2) is 7.71. The van der Waals surface area contributed by atoms with Crippen LogP contribution in [0.4, 0.5) is 0 Å². The molecule has 0 aromatic heterocycles. The van der Waals surface area contributed by atoms with Gasteiger partial charge in [-0.25, -0.2) is 0 Å². The van der Waals surface area contributed by atoms with E-state index in [4.69, 9.17) is 9.84 Å². The average molecular weight is 258 g/mol. The number of hydrogen-bond acceptors (Lipinski definition) is 4. The zero-order valence-electron chi connectivity index (χ0n) is 11.8. The standard InChI is InChI=1S/C13H26N2O3/c1-4-14-7-8-18-12(9-14)10-15(11(2)3)6-5-13(16)17/h11-12H,4-10H2,1-3H3,(H,16,17). The van der Waals surface area contributed by atoms with Crippen LogP contribution in [0.15, 0.2) is 0 Å². The molecule has 0 aromatic carbocycles. The lowest BCUT2D eigenvalue weighted by atomic mass is 10.2. The largest absolute Gasteiger partial charge is 0.481 e. The first kappa shape index (κ1) is 15.4. The highest BCUT2D eigenvalue weighted by molar-refractivity contribution is 5.66. The molecule has 0 aromatic rings. The third-order valence-corrected chi connectivity index (χ3v) is 3.45. The zero-order chi connectivity index (χ0) is 13.5. The summed E-state index contributed by atoms with van der Waals surface area (Å²) in [5.41, 5.74) is 0. The number of aliphatic carboxylic acids is 1. The summed E-state index contributed by atoms with van der Waals surface area (Å²) in [6.07, 6.45) is 0.400. The van der Waals surface area contributed by atoms with Crippen molar-refractivity contribution in [3.05, 3.63) is 0 Å². The Morgan fingerprint density at radius 2 is 2.28 bits per heavy atom. The van der Waals surface area contributed by atoms with E-state index in [1.807, 2.05) is 0 Å². The van der Waals surface area contributed by atoms with Gasteiger partial charge in [0.15, 0.2) is 0 Å². The molecular formula is C13H26N2O3. The minimum absolute atomic E-state index is 0.197. The van der Waals surface area contributed by atoms with Crippen LogP contribution in [0.5, 0.6) is 0 Å². The maximum atomic E-state index is 10.7. The molecule has 18 heavy (non-hydrogen) atoms. The molecule has 1 fully saturated rings. The lowest BCUT2D eigenvalue weighted by molar-refractivity contribution is -0.137. The first-order valence-electron chi connectivity index (χ1n) is 6.82. The summed E-state index contributed by atoms with van der Waals surface area (Å²) >= 11 is 0. The van der Waals surface area contributed by atoms with E-state index in [-0.39, 0.29) is 12.5 Å². The van der Waals surface area contributed by atoms with Crippen molar-refractivity contribution in [2.24, 2.45) is 0 Å². The van der Waals surface area contributed by atoms with Gasteiger partial charge in [-0.1, -0.05) is 6.92 Å². The van der Waals surface area contributed by atoms with Gasteiger partial charge in [-0.3, -0.25) is 14.6 Å². The van der Waals surface area contributed by atoms with Crippen LogP contribution in [0.25, 0.3) is 0 Å². The number of morpholine rings is 1. The minimum Gasteiger partial charge on any atom is -0.481 e. The predicted molar refractivity (Wildman–Crippen MR) is 70.8 cm³/mol. The molecule has 0 spiro atoms. The number of hydrogen-bond donors (Lipinski definition) is 1. The van der Waals surface area contributed by atoms with Crippen LogP contribution in [-0.4, -0.2) is 72.4 Å². The molecule has 1 N–H and O–H groups in total. The third kappa shape index (κ3) is 5.33. The molecule has 5 nitrogen and oxygen atoms in total. The van der Waals surface area contributed by atoms with Crippen molar-refractivity contribution in [3.63, 3.8) is 0 Å². The van der Waals surface area contributed by atoms with Crippen molar-refractivity contribution < 1.29 is 14.6 Å². The smallest absolute Gasteiger partial charge is 0.304 e. The quantitative estimate of drug-likeness (QED) is 0.735. The van der Waals surface area contributed by atoms with Gasteiger partial charge in [0.25, 0.3) is 0 Å². The van der Waals surface area contributed by atoms with Crippen LogP contribution in [0.2, 0.25) is 0 Å². The first-order chi connectivity index (χ1) is 8.52. The SMILES string of the molecule is CCN1CCOC(CN(CCC(=O)O)C(C)C)C1. The monoisotopic (exact) mass is 258 g/mol. The Morgan fingerprint density at radius 3 is 2.83 bits per heavy atom. The molecule has 106 valence electrons. The van der Waals surface area contributed by atoms with E-state index >= 15 is 0 Å². The summed E-state index contributed by atoms with van der Waals surface area (Å²) in [7, 11) is 0. The zero-order valence-corrected chi connectivity index (χ0v) is 11.8. The van der Waals surface area contributed by atoms with E-state index in [2.05, 4.69) is 30.6 Å². The van der Waals surface area contributed by atoms with E-state index in [1.165, 1.54) is 0 Å². The second-order valence-corrected chi connectivity index (χ2v) is 5.12. The van der Waals surface area contributed by atoms with Crippen molar-refractivity contribution >= 4 is 5.97 Å². The minimum atomic E-state index is -0.736. The van der Waals surface area contributed by atoms with E-state index in [1.54, 1.807) is 0 Å². The van der Waals surface area contributed by atoms with Crippen LogP contribution in [0.1, 0.15) is 27.2 Å². The van der Waals surface area contributed by atoms with Crippen LogP contribution in [0.3, 0.4) is 0 Å². The molecule has 1 aliphatic heterocycles. The Morgan fingerprint density at radius 1 is 1.56 bits per heavy atom. The maximum Gasteiger partial charge on any atom is 0.304 e. The summed E-state index contributed by atoms with van der Waals surface area (Å²) in [6, 6.07) is 0.352. The lowest BCUT2D eigenvalue weighted by Crippen LogP contribution is -2.49. The molecule has 1 saturated heterocycles. The van der Waals surface area contributed by atoms with Crippen LogP contribution >= 0.6 is 0 Å². The van der Waals surface area contributed by atoms with Crippen molar-refractivity contribution in [2.75, 3.05) is 39.3 Å². The summed E-state index contributed by atoms with van der Waals surface area (Å²) in [5.74, 6) is -0.736. The van der Waals surface area contributed by atoms with Gasteiger partial charge in [0.2, 0.25) is 0 Å². The first-order valence-corrected chi connectivity index (χ1v) is 6.82. The van der Waals surface area contributed by atoms with E-state index in [0.29, 0.717) is 12.6 Å². The van der Waals surface area contributed by atoms with Crippen LogP contribution in [0, 0.1) is 0 Å². The molecular weight excluding hydrogens is 232 g/mol. The summed E-state index contributed by atoms with van der Waals surface area (Å²) in [5, 5.41) is 8.76. The number of carbonyl (C=O) groups is 1. The number of carboxylic acids is 1. The third-order valence-electron chi connectivity index (χ3n) is 3.45. The Balaban J connectivity index is 2.41. The number of carboxylic acid groups (broad SMARTS) is 1. The molecule has 0 radical (unpaired) electrons. The highest BCUT2D eigenvalue weighted by Gasteiger charge is 2.23. The molecule has 1 rings (SSSR count). The molecule has 0 aliphatic carbocycles. The highest BCUT2D eigenvalue weighted by Crippen LogP contribution is 2.09. The molecule has 1 unspecified atom stereocenters. The average Bonchev–Trinajstić information content (AvgIpc) is 2.34. The van der Waals surface area contributed by atoms with E-state index < -0.39 is 5.97 Å². The van der Waals surface area contributed by atoms with Gasteiger partial charge in [-0.2, -0.15) is 0 Å². The predicted octanol–water partition coefficient (Wildman–Crippen LogP) is 0.892. The number of ether oxygens (including phenoxy) is 1. The van der Waals surface area contributed by atoms with Gasteiger partial charge in [0.05, 0.1) is 19.1 Å². The molecule has 0 amide bonds. The van der Waals surface area contributed by atoms with Gasteiger partial charge >= 0.3 is 5.97 Å². The van der Waals surface area contributed by atoms with Crippen molar-refractivity contribution in [1.82, 2.24) is 9.80 Å². The van der Waals surface area contributed by atoms with Crippen molar-refractivity contribution in [1.29, 1.82) is 0 Å². The molecule has 0 bridgehead atoms. The topological polar surface area (TPSA) is 53.0 Å². The Bertz CT molecular complexity index is 259. The van der Waals surface area contributed by atoms with Gasteiger partial charge in [0, 0.05) is 32.2 Å². The Kier molecular flexibility index (Phi) is 6.60.